The number of halogens is 1. The van der Waals surface area contributed by atoms with Crippen LogP contribution in [0.15, 0.2) is 24.4 Å². The van der Waals surface area contributed by atoms with Gasteiger partial charge in [0.1, 0.15) is 0 Å². The number of ether oxygens (including phenoxy) is 1. The molecule has 1 aromatic carbocycles. The summed E-state index contributed by atoms with van der Waals surface area (Å²) in [4.78, 5) is 4.45. The highest BCUT2D eigenvalue weighted by molar-refractivity contribution is 6.35. The van der Waals surface area contributed by atoms with Gasteiger partial charge in [0.05, 0.1) is 22.8 Å². The van der Waals surface area contributed by atoms with E-state index >= 15 is 0 Å². The minimum Gasteiger partial charge on any atom is -0.383 e. The molecular weight excluding hydrogens is 286 g/mol. The Labute approximate surface area is 130 Å². The number of benzene rings is 1. The molecule has 4 nitrogen and oxygen atoms in total. The minimum atomic E-state index is 0.183. The Kier molecular flexibility index (Phi) is 5.79. The van der Waals surface area contributed by atoms with Crippen LogP contribution < -0.4 is 11.1 Å². The van der Waals surface area contributed by atoms with Crippen molar-refractivity contribution in [1.82, 2.24) is 4.98 Å². The number of aryl methyl sites for hydroxylation is 1. The van der Waals surface area contributed by atoms with Gasteiger partial charge in [0.2, 0.25) is 0 Å². The Balaban J connectivity index is 2.35. The van der Waals surface area contributed by atoms with Gasteiger partial charge in [0, 0.05) is 24.7 Å². The molecule has 5 heteroatoms. The van der Waals surface area contributed by atoms with Gasteiger partial charge in [0.15, 0.2) is 0 Å². The van der Waals surface area contributed by atoms with Crippen LogP contribution in [0.1, 0.15) is 18.4 Å². The zero-order valence-corrected chi connectivity index (χ0v) is 13.3. The molecule has 21 heavy (non-hydrogen) atoms. The molecule has 3 N–H and O–H groups in total. The van der Waals surface area contributed by atoms with Crippen LogP contribution in [0.25, 0.3) is 10.9 Å². The van der Waals surface area contributed by atoms with Gasteiger partial charge < -0.3 is 15.8 Å². The van der Waals surface area contributed by atoms with E-state index in [4.69, 9.17) is 22.1 Å². The van der Waals surface area contributed by atoms with Gasteiger partial charge >= 0.3 is 0 Å². The third-order valence-corrected chi connectivity index (χ3v) is 3.80. The van der Waals surface area contributed by atoms with E-state index in [-0.39, 0.29) is 6.04 Å². The zero-order chi connectivity index (χ0) is 15.2. The second kappa shape index (κ2) is 7.59. The van der Waals surface area contributed by atoms with Crippen molar-refractivity contribution in [2.24, 2.45) is 5.73 Å². The standard InChI is InChI=1S/C16H22ClN3O/c1-11-9-14(17)16(13-6-4-8-19-15(11)13)20-12(10-21-2)5-3-7-18/h4,6,8-9,12,20H,3,5,7,10,18H2,1-2H3. The number of pyridine rings is 1. The molecule has 0 aliphatic carbocycles. The van der Waals surface area contributed by atoms with Crippen molar-refractivity contribution in [3.63, 3.8) is 0 Å². The largest absolute Gasteiger partial charge is 0.383 e. The van der Waals surface area contributed by atoms with Crippen LogP contribution in [-0.2, 0) is 4.74 Å². The highest BCUT2D eigenvalue weighted by Crippen LogP contribution is 2.33. The quantitative estimate of drug-likeness (QED) is 0.823. The summed E-state index contributed by atoms with van der Waals surface area (Å²) in [7, 11) is 1.70. The molecule has 2 rings (SSSR count). The first-order chi connectivity index (χ1) is 10.2. The summed E-state index contributed by atoms with van der Waals surface area (Å²) < 4.78 is 5.29. The first-order valence-corrected chi connectivity index (χ1v) is 7.54. The van der Waals surface area contributed by atoms with E-state index in [2.05, 4.69) is 10.3 Å². The molecule has 0 spiro atoms. The van der Waals surface area contributed by atoms with Crippen LogP contribution in [0, 0.1) is 6.92 Å². The Morgan fingerprint density at radius 2 is 2.29 bits per heavy atom. The van der Waals surface area contributed by atoms with Crippen molar-refractivity contribution in [1.29, 1.82) is 0 Å². The molecule has 114 valence electrons. The lowest BCUT2D eigenvalue weighted by Crippen LogP contribution is -2.26. The predicted molar refractivity (Wildman–Crippen MR) is 89.1 cm³/mol. The maximum Gasteiger partial charge on any atom is 0.0752 e. The highest BCUT2D eigenvalue weighted by atomic mass is 35.5. The second-order valence-corrected chi connectivity index (χ2v) is 5.58. The fourth-order valence-corrected chi connectivity index (χ4v) is 2.81. The van der Waals surface area contributed by atoms with Crippen molar-refractivity contribution < 1.29 is 4.74 Å². The van der Waals surface area contributed by atoms with E-state index in [1.165, 1.54) is 0 Å². The Hall–Kier alpha value is -1.36. The normalized spacial score (nSPS) is 12.6. The lowest BCUT2D eigenvalue weighted by atomic mass is 10.1. The van der Waals surface area contributed by atoms with E-state index < -0.39 is 0 Å². The molecule has 0 aliphatic rings. The fourth-order valence-electron chi connectivity index (χ4n) is 2.49. The van der Waals surface area contributed by atoms with Crippen LogP contribution in [0.5, 0.6) is 0 Å². The molecule has 1 atom stereocenters. The summed E-state index contributed by atoms with van der Waals surface area (Å²) in [6, 6.07) is 6.10. The zero-order valence-electron chi connectivity index (χ0n) is 12.5. The average Bonchev–Trinajstić information content (AvgIpc) is 2.49. The Bertz CT molecular complexity index is 603. The van der Waals surface area contributed by atoms with Crippen LogP contribution in [0.4, 0.5) is 5.69 Å². The lowest BCUT2D eigenvalue weighted by molar-refractivity contribution is 0.182. The summed E-state index contributed by atoms with van der Waals surface area (Å²) in [5.41, 5.74) is 8.57. The monoisotopic (exact) mass is 307 g/mol. The van der Waals surface area contributed by atoms with Gasteiger partial charge in [-0.1, -0.05) is 11.6 Å². The van der Waals surface area contributed by atoms with Gasteiger partial charge in [-0.3, -0.25) is 4.98 Å². The Morgan fingerprint density at radius 3 is 3.00 bits per heavy atom. The number of aromatic nitrogens is 1. The number of nitrogens with zero attached hydrogens (tertiary/aromatic N) is 1. The minimum absolute atomic E-state index is 0.183. The number of fused-ring (bicyclic) bond motifs is 1. The molecule has 2 aromatic rings. The van der Waals surface area contributed by atoms with E-state index in [9.17, 15) is 0 Å². The number of nitrogens with one attached hydrogen (secondary N) is 1. The molecule has 0 fully saturated rings. The summed E-state index contributed by atoms with van der Waals surface area (Å²) in [6.07, 6.45) is 3.69. The highest BCUT2D eigenvalue weighted by Gasteiger charge is 2.14. The maximum absolute atomic E-state index is 6.43. The molecule has 0 saturated heterocycles. The van der Waals surface area contributed by atoms with Gasteiger partial charge in [-0.05, 0) is 50.1 Å². The number of methoxy groups -OCH3 is 1. The summed E-state index contributed by atoms with van der Waals surface area (Å²) in [6.45, 7) is 3.31. The average molecular weight is 308 g/mol. The lowest BCUT2D eigenvalue weighted by Gasteiger charge is -2.21. The topological polar surface area (TPSA) is 60.2 Å². The molecule has 0 amide bonds. The predicted octanol–water partition coefficient (Wildman–Crippen LogP) is 3.36. The molecule has 0 radical (unpaired) electrons. The van der Waals surface area contributed by atoms with E-state index in [1.54, 1.807) is 13.3 Å². The molecular formula is C16H22ClN3O. The van der Waals surface area contributed by atoms with Gasteiger partial charge in [-0.2, -0.15) is 0 Å². The molecule has 0 aliphatic heterocycles. The fraction of sp³-hybridized carbons (Fsp3) is 0.438. The first-order valence-electron chi connectivity index (χ1n) is 7.16. The van der Waals surface area contributed by atoms with Crippen LogP contribution in [0.3, 0.4) is 0 Å². The molecule has 1 unspecified atom stereocenters. The maximum atomic E-state index is 6.43. The first kappa shape index (κ1) is 16.0. The molecule has 1 heterocycles. The summed E-state index contributed by atoms with van der Waals surface area (Å²) >= 11 is 6.43. The number of hydrogen-bond donors (Lipinski definition) is 2. The van der Waals surface area contributed by atoms with E-state index in [0.717, 1.165) is 35.0 Å². The van der Waals surface area contributed by atoms with Crippen molar-refractivity contribution in [3.05, 3.63) is 35.0 Å². The van der Waals surface area contributed by atoms with Crippen LogP contribution in [0.2, 0.25) is 5.02 Å². The van der Waals surface area contributed by atoms with E-state index in [1.807, 2.05) is 25.1 Å². The van der Waals surface area contributed by atoms with Gasteiger partial charge in [-0.15, -0.1) is 0 Å². The number of anilines is 1. The Morgan fingerprint density at radius 1 is 1.48 bits per heavy atom. The van der Waals surface area contributed by atoms with Crippen molar-refractivity contribution in [3.8, 4) is 0 Å². The van der Waals surface area contributed by atoms with Crippen molar-refractivity contribution in [2.45, 2.75) is 25.8 Å². The molecule has 1 aromatic heterocycles. The number of hydrogen-bond acceptors (Lipinski definition) is 4. The second-order valence-electron chi connectivity index (χ2n) is 5.18. The smallest absolute Gasteiger partial charge is 0.0752 e. The number of rotatable bonds is 7. The summed E-state index contributed by atoms with van der Waals surface area (Å²) in [5.74, 6) is 0. The SMILES string of the molecule is COCC(CCCN)Nc1c(Cl)cc(C)c2ncccc12. The molecule has 0 bridgehead atoms. The van der Waals surface area contributed by atoms with Crippen molar-refractivity contribution >= 4 is 28.2 Å². The number of nitrogens with two attached hydrogens (primary N) is 1. The third kappa shape index (κ3) is 3.84. The third-order valence-electron chi connectivity index (χ3n) is 3.51. The van der Waals surface area contributed by atoms with Crippen LogP contribution >= 0.6 is 11.6 Å². The van der Waals surface area contributed by atoms with Crippen molar-refractivity contribution in [2.75, 3.05) is 25.6 Å². The summed E-state index contributed by atoms with van der Waals surface area (Å²) in [5, 5.41) is 5.25. The van der Waals surface area contributed by atoms with Gasteiger partial charge in [-0.25, -0.2) is 0 Å². The van der Waals surface area contributed by atoms with Crippen LogP contribution in [-0.4, -0.2) is 31.3 Å². The van der Waals surface area contributed by atoms with Gasteiger partial charge in [0.25, 0.3) is 0 Å². The molecule has 0 saturated carbocycles. The van der Waals surface area contributed by atoms with E-state index in [0.29, 0.717) is 18.2 Å².